The molecule has 0 spiro atoms. The van der Waals surface area contributed by atoms with Crippen LogP contribution in [0, 0.1) is 6.92 Å². The highest BCUT2D eigenvalue weighted by Crippen LogP contribution is 2.30. The van der Waals surface area contributed by atoms with E-state index < -0.39 is 12.1 Å². The van der Waals surface area contributed by atoms with Crippen molar-refractivity contribution in [3.8, 4) is 5.75 Å². The quantitative estimate of drug-likeness (QED) is 0.737. The summed E-state index contributed by atoms with van der Waals surface area (Å²) in [6, 6.07) is 5.89. The SMILES string of the molecule is Cc1cccc2c1OC(C(=O)O)CC2. The molecule has 1 aliphatic rings. The zero-order chi connectivity index (χ0) is 10.1. The lowest BCUT2D eigenvalue weighted by Gasteiger charge is -2.24. The molecule has 1 unspecified atom stereocenters. The van der Waals surface area contributed by atoms with Gasteiger partial charge in [-0.25, -0.2) is 4.79 Å². The maximum Gasteiger partial charge on any atom is 0.344 e. The molecular formula is C11H12O3. The van der Waals surface area contributed by atoms with E-state index in [0.717, 1.165) is 23.3 Å². The number of carboxylic acid groups (broad SMARTS) is 1. The summed E-state index contributed by atoms with van der Waals surface area (Å²) in [5, 5.41) is 8.83. The van der Waals surface area contributed by atoms with Crippen LogP contribution in [-0.2, 0) is 11.2 Å². The number of rotatable bonds is 1. The number of hydrogen-bond donors (Lipinski definition) is 1. The number of aryl methyl sites for hydroxylation is 2. The Kier molecular flexibility index (Phi) is 2.15. The minimum Gasteiger partial charge on any atom is -0.479 e. The maximum absolute atomic E-state index is 10.8. The second-order valence-corrected chi connectivity index (χ2v) is 3.55. The van der Waals surface area contributed by atoms with Gasteiger partial charge < -0.3 is 9.84 Å². The highest BCUT2D eigenvalue weighted by molar-refractivity contribution is 5.73. The van der Waals surface area contributed by atoms with Crippen LogP contribution in [0.1, 0.15) is 17.5 Å². The van der Waals surface area contributed by atoms with Crippen molar-refractivity contribution >= 4 is 5.97 Å². The summed E-state index contributed by atoms with van der Waals surface area (Å²) < 4.78 is 5.42. The van der Waals surface area contributed by atoms with E-state index in [-0.39, 0.29) is 0 Å². The molecule has 0 bridgehead atoms. The molecule has 0 fully saturated rings. The molecule has 2 rings (SSSR count). The minimum absolute atomic E-state index is 0.561. The van der Waals surface area contributed by atoms with Gasteiger partial charge in [-0.1, -0.05) is 18.2 Å². The summed E-state index contributed by atoms with van der Waals surface area (Å²) in [5.74, 6) is -0.120. The minimum atomic E-state index is -0.876. The number of carboxylic acids is 1. The van der Waals surface area contributed by atoms with Crippen LogP contribution in [0.3, 0.4) is 0 Å². The van der Waals surface area contributed by atoms with Gasteiger partial charge in [0.15, 0.2) is 6.10 Å². The Labute approximate surface area is 82.3 Å². The van der Waals surface area contributed by atoms with Crippen LogP contribution >= 0.6 is 0 Å². The van der Waals surface area contributed by atoms with E-state index in [1.807, 2.05) is 25.1 Å². The molecule has 1 heterocycles. The summed E-state index contributed by atoms with van der Waals surface area (Å²) in [4.78, 5) is 10.8. The summed E-state index contributed by atoms with van der Waals surface area (Å²) in [6.45, 7) is 1.93. The zero-order valence-electron chi connectivity index (χ0n) is 7.99. The molecule has 1 aromatic carbocycles. The number of para-hydroxylation sites is 1. The van der Waals surface area contributed by atoms with E-state index in [1.165, 1.54) is 0 Å². The van der Waals surface area contributed by atoms with Gasteiger partial charge in [-0.3, -0.25) is 0 Å². The third-order valence-electron chi connectivity index (χ3n) is 2.50. The third kappa shape index (κ3) is 1.45. The smallest absolute Gasteiger partial charge is 0.344 e. The van der Waals surface area contributed by atoms with Crippen molar-refractivity contribution in [2.75, 3.05) is 0 Å². The maximum atomic E-state index is 10.8. The van der Waals surface area contributed by atoms with Crippen molar-refractivity contribution in [2.45, 2.75) is 25.9 Å². The van der Waals surface area contributed by atoms with Crippen molar-refractivity contribution in [3.63, 3.8) is 0 Å². The van der Waals surface area contributed by atoms with E-state index in [9.17, 15) is 4.79 Å². The van der Waals surface area contributed by atoms with Gasteiger partial charge in [-0.15, -0.1) is 0 Å². The monoisotopic (exact) mass is 192 g/mol. The van der Waals surface area contributed by atoms with Crippen LogP contribution in [0.5, 0.6) is 5.75 Å². The summed E-state index contributed by atoms with van der Waals surface area (Å²) >= 11 is 0. The van der Waals surface area contributed by atoms with E-state index in [0.29, 0.717) is 6.42 Å². The van der Waals surface area contributed by atoms with Crippen LogP contribution in [0.2, 0.25) is 0 Å². The Hall–Kier alpha value is -1.51. The Morgan fingerprint density at radius 3 is 3.07 bits per heavy atom. The van der Waals surface area contributed by atoms with Crippen molar-refractivity contribution < 1.29 is 14.6 Å². The molecule has 0 aromatic heterocycles. The highest BCUT2D eigenvalue weighted by Gasteiger charge is 2.26. The molecule has 1 aromatic rings. The molecule has 3 heteroatoms. The highest BCUT2D eigenvalue weighted by atomic mass is 16.5. The van der Waals surface area contributed by atoms with Crippen molar-refractivity contribution in [1.29, 1.82) is 0 Å². The van der Waals surface area contributed by atoms with Gasteiger partial charge in [0.25, 0.3) is 0 Å². The van der Waals surface area contributed by atoms with E-state index in [2.05, 4.69) is 0 Å². The van der Waals surface area contributed by atoms with Crippen LogP contribution in [-0.4, -0.2) is 17.2 Å². The van der Waals surface area contributed by atoms with Gasteiger partial charge in [0, 0.05) is 0 Å². The molecule has 0 radical (unpaired) electrons. The molecular weight excluding hydrogens is 180 g/mol. The van der Waals surface area contributed by atoms with Gasteiger partial charge in [0.1, 0.15) is 5.75 Å². The number of ether oxygens (including phenoxy) is 1. The number of aliphatic carboxylic acids is 1. The molecule has 3 nitrogen and oxygen atoms in total. The topological polar surface area (TPSA) is 46.5 Å². The van der Waals surface area contributed by atoms with Crippen molar-refractivity contribution in [1.82, 2.24) is 0 Å². The standard InChI is InChI=1S/C11H12O3/c1-7-3-2-4-8-5-6-9(11(12)13)14-10(7)8/h2-4,9H,5-6H2,1H3,(H,12,13). The first-order chi connectivity index (χ1) is 6.68. The predicted molar refractivity (Wildman–Crippen MR) is 51.6 cm³/mol. The van der Waals surface area contributed by atoms with Crippen LogP contribution in [0.25, 0.3) is 0 Å². The summed E-state index contributed by atoms with van der Waals surface area (Å²) in [5.41, 5.74) is 2.12. The molecule has 0 saturated heterocycles. The predicted octanol–water partition coefficient (Wildman–Crippen LogP) is 1.77. The van der Waals surface area contributed by atoms with Crippen LogP contribution in [0.15, 0.2) is 18.2 Å². The number of fused-ring (bicyclic) bond motifs is 1. The largest absolute Gasteiger partial charge is 0.479 e. The fourth-order valence-corrected chi connectivity index (χ4v) is 1.74. The second kappa shape index (κ2) is 3.33. The average molecular weight is 192 g/mol. The molecule has 0 amide bonds. The molecule has 0 aliphatic carbocycles. The van der Waals surface area contributed by atoms with Crippen molar-refractivity contribution in [3.05, 3.63) is 29.3 Å². The molecule has 1 N–H and O–H groups in total. The summed E-state index contributed by atoms with van der Waals surface area (Å²) in [6.07, 6.45) is 0.670. The lowest BCUT2D eigenvalue weighted by molar-refractivity contribution is -0.145. The number of benzene rings is 1. The number of carbonyl (C=O) groups is 1. The third-order valence-corrected chi connectivity index (χ3v) is 2.50. The molecule has 74 valence electrons. The molecule has 1 atom stereocenters. The molecule has 0 saturated carbocycles. The fourth-order valence-electron chi connectivity index (χ4n) is 1.74. The first kappa shape index (κ1) is 9.06. The fraction of sp³-hybridized carbons (Fsp3) is 0.364. The van der Waals surface area contributed by atoms with Gasteiger partial charge in [-0.2, -0.15) is 0 Å². The Morgan fingerprint density at radius 1 is 1.57 bits per heavy atom. The lowest BCUT2D eigenvalue weighted by atomic mass is 10.00. The first-order valence-electron chi connectivity index (χ1n) is 4.66. The lowest BCUT2D eigenvalue weighted by Crippen LogP contribution is -2.31. The molecule has 14 heavy (non-hydrogen) atoms. The van der Waals surface area contributed by atoms with Crippen molar-refractivity contribution in [2.24, 2.45) is 0 Å². The zero-order valence-corrected chi connectivity index (χ0v) is 7.99. The normalized spacial score (nSPS) is 19.6. The van der Waals surface area contributed by atoms with Crippen LogP contribution < -0.4 is 4.74 Å². The van der Waals surface area contributed by atoms with E-state index in [1.54, 1.807) is 0 Å². The van der Waals surface area contributed by atoms with Crippen LogP contribution in [0.4, 0.5) is 0 Å². The average Bonchev–Trinajstić information content (AvgIpc) is 2.18. The first-order valence-corrected chi connectivity index (χ1v) is 4.66. The van der Waals surface area contributed by atoms with E-state index >= 15 is 0 Å². The Bertz CT molecular complexity index is 371. The molecule has 1 aliphatic heterocycles. The second-order valence-electron chi connectivity index (χ2n) is 3.55. The summed E-state index contributed by atoms with van der Waals surface area (Å²) in [7, 11) is 0. The number of hydrogen-bond acceptors (Lipinski definition) is 2. The van der Waals surface area contributed by atoms with Gasteiger partial charge in [-0.05, 0) is 30.9 Å². The van der Waals surface area contributed by atoms with E-state index in [4.69, 9.17) is 9.84 Å². The van der Waals surface area contributed by atoms with Gasteiger partial charge in [0.05, 0.1) is 0 Å². The van der Waals surface area contributed by atoms with Gasteiger partial charge in [0.2, 0.25) is 0 Å². The Balaban J connectivity index is 2.33. The Morgan fingerprint density at radius 2 is 2.36 bits per heavy atom. The van der Waals surface area contributed by atoms with Gasteiger partial charge >= 0.3 is 5.97 Å².